The van der Waals surface area contributed by atoms with E-state index in [0.29, 0.717) is 0 Å². The monoisotopic (exact) mass is 333 g/mol. The molecule has 1 aromatic heterocycles. The summed E-state index contributed by atoms with van der Waals surface area (Å²) < 4.78 is 0. The molecule has 4 nitrogen and oxygen atoms in total. The zero-order valence-corrected chi connectivity index (χ0v) is 13.6. The number of nitrogens with zero attached hydrogens (tertiary/aromatic N) is 3. The summed E-state index contributed by atoms with van der Waals surface area (Å²) in [6, 6.07) is 7.82. The predicted octanol–water partition coefficient (Wildman–Crippen LogP) is 3.16. The molecule has 1 aliphatic heterocycles. The van der Waals surface area contributed by atoms with E-state index in [1.54, 1.807) is 17.7 Å². The maximum Gasteiger partial charge on any atom is 0.246 e. The van der Waals surface area contributed by atoms with Gasteiger partial charge in [0.15, 0.2) is 0 Å². The Kier molecular flexibility index (Phi) is 4.75. The lowest BCUT2D eigenvalue weighted by molar-refractivity contribution is -0.126. The van der Waals surface area contributed by atoms with Crippen molar-refractivity contribution in [2.45, 2.75) is 0 Å². The first kappa shape index (κ1) is 15.1. The van der Waals surface area contributed by atoms with Crippen molar-refractivity contribution in [3.05, 3.63) is 51.9 Å². The molecule has 0 bridgehead atoms. The number of carbonyl (C=O) groups is 1. The largest absolute Gasteiger partial charge is 0.368 e. The maximum absolute atomic E-state index is 12.2. The van der Waals surface area contributed by atoms with E-state index in [-0.39, 0.29) is 5.91 Å². The van der Waals surface area contributed by atoms with E-state index < -0.39 is 0 Å². The fraction of sp³-hybridized carbons (Fsp3) is 0.250. The molecular weight excluding hydrogens is 318 g/mol. The summed E-state index contributed by atoms with van der Waals surface area (Å²) in [5.41, 5.74) is 3.74. The molecule has 22 heavy (non-hydrogen) atoms. The highest BCUT2D eigenvalue weighted by Crippen LogP contribution is 2.19. The lowest BCUT2D eigenvalue weighted by Crippen LogP contribution is -2.48. The van der Waals surface area contributed by atoms with E-state index in [4.69, 9.17) is 11.6 Å². The molecule has 1 amide bonds. The molecule has 0 saturated carbocycles. The number of piperazine rings is 1. The molecule has 114 valence electrons. The summed E-state index contributed by atoms with van der Waals surface area (Å²) >= 11 is 7.43. The average Bonchev–Trinajstić information content (AvgIpc) is 3.07. The third-order valence-corrected chi connectivity index (χ3v) is 4.49. The van der Waals surface area contributed by atoms with Gasteiger partial charge in [0.1, 0.15) is 0 Å². The summed E-state index contributed by atoms with van der Waals surface area (Å²) in [6.45, 7) is 3.11. The molecule has 1 aromatic carbocycles. The normalized spacial score (nSPS) is 15.5. The Bertz CT molecular complexity index is 647. The quantitative estimate of drug-likeness (QED) is 0.810. The molecule has 0 N–H and O–H groups in total. The fourth-order valence-electron chi connectivity index (χ4n) is 2.40. The molecule has 3 rings (SSSR count). The van der Waals surface area contributed by atoms with Crippen molar-refractivity contribution in [3.8, 4) is 0 Å². The summed E-state index contributed by atoms with van der Waals surface area (Å²) in [5.74, 6) is 0.0451. The first-order chi connectivity index (χ1) is 10.7. The summed E-state index contributed by atoms with van der Waals surface area (Å²) in [4.78, 5) is 20.4. The van der Waals surface area contributed by atoms with Crippen LogP contribution in [0.5, 0.6) is 0 Å². The van der Waals surface area contributed by atoms with Gasteiger partial charge in [-0.25, -0.2) is 4.98 Å². The highest BCUT2D eigenvalue weighted by molar-refractivity contribution is 7.07. The van der Waals surface area contributed by atoms with Gasteiger partial charge in [0.2, 0.25) is 5.91 Å². The maximum atomic E-state index is 12.2. The fourth-order valence-corrected chi connectivity index (χ4v) is 3.05. The predicted molar refractivity (Wildman–Crippen MR) is 91.4 cm³/mol. The second-order valence-electron chi connectivity index (χ2n) is 5.04. The highest BCUT2D eigenvalue weighted by Gasteiger charge is 2.19. The zero-order chi connectivity index (χ0) is 15.4. The van der Waals surface area contributed by atoms with Crippen molar-refractivity contribution in [3.63, 3.8) is 0 Å². The molecule has 0 unspecified atom stereocenters. The second-order valence-corrected chi connectivity index (χ2v) is 6.19. The first-order valence-corrected chi connectivity index (χ1v) is 8.40. The summed E-state index contributed by atoms with van der Waals surface area (Å²) in [5, 5.41) is 2.66. The molecule has 1 aliphatic rings. The van der Waals surface area contributed by atoms with Gasteiger partial charge in [0.05, 0.1) is 11.2 Å². The van der Waals surface area contributed by atoms with Crippen LogP contribution < -0.4 is 4.90 Å². The van der Waals surface area contributed by atoms with Gasteiger partial charge in [0.25, 0.3) is 0 Å². The molecule has 0 atom stereocenters. The zero-order valence-electron chi connectivity index (χ0n) is 12.0. The number of benzene rings is 1. The molecule has 0 spiro atoms. The van der Waals surface area contributed by atoms with E-state index >= 15 is 0 Å². The van der Waals surface area contributed by atoms with Crippen LogP contribution in [-0.2, 0) is 4.79 Å². The van der Waals surface area contributed by atoms with E-state index in [2.05, 4.69) is 9.88 Å². The number of rotatable bonds is 3. The van der Waals surface area contributed by atoms with Crippen LogP contribution >= 0.6 is 22.9 Å². The van der Waals surface area contributed by atoms with Crippen LogP contribution in [-0.4, -0.2) is 42.0 Å². The Morgan fingerprint density at radius 2 is 1.91 bits per heavy atom. The van der Waals surface area contributed by atoms with Gasteiger partial charge in [0, 0.05) is 48.3 Å². The lowest BCUT2D eigenvalue weighted by Gasteiger charge is -2.35. The minimum absolute atomic E-state index is 0.0451. The van der Waals surface area contributed by atoms with Gasteiger partial charge < -0.3 is 9.80 Å². The molecule has 0 aliphatic carbocycles. The smallest absolute Gasteiger partial charge is 0.246 e. The third kappa shape index (κ3) is 3.67. The van der Waals surface area contributed by atoms with Crippen molar-refractivity contribution in [1.29, 1.82) is 0 Å². The Balaban J connectivity index is 1.55. The highest BCUT2D eigenvalue weighted by atomic mass is 35.5. The van der Waals surface area contributed by atoms with Gasteiger partial charge in [-0.1, -0.05) is 11.6 Å². The van der Waals surface area contributed by atoms with Crippen LogP contribution in [0.25, 0.3) is 6.08 Å². The van der Waals surface area contributed by atoms with E-state index in [0.717, 1.165) is 42.6 Å². The van der Waals surface area contributed by atoms with Crippen LogP contribution in [0, 0.1) is 0 Å². The molecule has 1 fully saturated rings. The number of carbonyl (C=O) groups excluding carboxylic acids is 1. The second kappa shape index (κ2) is 6.94. The van der Waals surface area contributed by atoms with Gasteiger partial charge in [-0.3, -0.25) is 4.79 Å². The molecular formula is C16H16ClN3OS. The van der Waals surface area contributed by atoms with Gasteiger partial charge >= 0.3 is 0 Å². The number of amides is 1. The Hall–Kier alpha value is -1.85. The summed E-state index contributed by atoms with van der Waals surface area (Å²) in [6.07, 6.45) is 3.37. The topological polar surface area (TPSA) is 36.4 Å². The van der Waals surface area contributed by atoms with E-state index in [1.165, 1.54) is 11.3 Å². The number of halogens is 1. The van der Waals surface area contributed by atoms with Gasteiger partial charge in [-0.15, -0.1) is 11.3 Å². The molecule has 2 heterocycles. The van der Waals surface area contributed by atoms with Crippen molar-refractivity contribution >= 4 is 40.6 Å². The van der Waals surface area contributed by atoms with Crippen LogP contribution in [0.4, 0.5) is 5.69 Å². The van der Waals surface area contributed by atoms with Crippen molar-refractivity contribution < 1.29 is 4.79 Å². The SMILES string of the molecule is O=C(/C=C/c1cscn1)N1CCN(c2ccc(Cl)cc2)CC1. The minimum Gasteiger partial charge on any atom is -0.368 e. The van der Waals surface area contributed by atoms with Crippen LogP contribution in [0.3, 0.4) is 0 Å². The lowest BCUT2D eigenvalue weighted by atomic mass is 10.2. The standard InChI is InChI=1S/C16H16ClN3OS/c17-13-1-4-15(5-2-13)19-7-9-20(10-8-19)16(21)6-3-14-11-22-12-18-14/h1-6,11-12H,7-10H2/b6-3+. The number of hydrogen-bond donors (Lipinski definition) is 0. The van der Waals surface area contributed by atoms with Crippen molar-refractivity contribution in [2.75, 3.05) is 31.1 Å². The average molecular weight is 334 g/mol. The van der Waals surface area contributed by atoms with Gasteiger partial charge in [-0.05, 0) is 30.3 Å². The first-order valence-electron chi connectivity index (χ1n) is 7.08. The number of thiazole rings is 1. The molecule has 0 radical (unpaired) electrons. The number of anilines is 1. The van der Waals surface area contributed by atoms with E-state index in [9.17, 15) is 4.79 Å². The molecule has 2 aromatic rings. The minimum atomic E-state index is 0.0451. The Labute approximate surface area is 138 Å². The van der Waals surface area contributed by atoms with Gasteiger partial charge in [-0.2, -0.15) is 0 Å². The molecule has 1 saturated heterocycles. The summed E-state index contributed by atoms with van der Waals surface area (Å²) in [7, 11) is 0. The van der Waals surface area contributed by atoms with Crippen LogP contribution in [0.1, 0.15) is 5.69 Å². The van der Waals surface area contributed by atoms with E-state index in [1.807, 2.05) is 34.5 Å². The third-order valence-electron chi connectivity index (χ3n) is 3.63. The Morgan fingerprint density at radius 1 is 1.18 bits per heavy atom. The van der Waals surface area contributed by atoms with Crippen molar-refractivity contribution in [2.24, 2.45) is 0 Å². The van der Waals surface area contributed by atoms with Crippen LogP contribution in [0.15, 0.2) is 41.2 Å². The Morgan fingerprint density at radius 3 is 2.55 bits per heavy atom. The number of hydrogen-bond acceptors (Lipinski definition) is 4. The molecule has 6 heteroatoms. The van der Waals surface area contributed by atoms with Crippen LogP contribution in [0.2, 0.25) is 5.02 Å². The number of aromatic nitrogens is 1. The van der Waals surface area contributed by atoms with Crippen molar-refractivity contribution in [1.82, 2.24) is 9.88 Å².